The minimum Gasteiger partial charge on any atom is -0.480 e. The van der Waals surface area contributed by atoms with Gasteiger partial charge < -0.3 is 20.6 Å². The van der Waals surface area contributed by atoms with Gasteiger partial charge in [0.2, 0.25) is 0 Å². The van der Waals surface area contributed by atoms with Crippen LogP contribution in [0.4, 0.5) is 16.2 Å². The Hall–Kier alpha value is -4.08. The topological polar surface area (TPSA) is 119 Å². The second-order valence-corrected chi connectivity index (χ2v) is 11.4. The van der Waals surface area contributed by atoms with Crippen molar-refractivity contribution in [2.24, 2.45) is 0 Å². The van der Waals surface area contributed by atoms with E-state index in [1.807, 2.05) is 0 Å². The molecular formula is C32H34Cl2N4O5. The van der Waals surface area contributed by atoms with E-state index in [0.29, 0.717) is 22.5 Å². The number of nitrogens with one attached hydrogen (secondary N) is 2. The average molecular weight is 626 g/mol. The van der Waals surface area contributed by atoms with E-state index in [0.717, 1.165) is 25.7 Å². The number of aliphatic carboxylic acids is 1. The minimum atomic E-state index is -1.25. The van der Waals surface area contributed by atoms with Crippen LogP contribution in [0.5, 0.6) is 0 Å². The standard InChI is InChI=1S/C32H34Cl2N4O5/c1-37(22-9-4-3-5-10-22)30(40)23-11-6-7-14-27(23)38(2)32(43)36-26(31(41)42)19-20-15-17-21(18-16-20)35-29(39)28-24(33)12-8-13-25(28)34/h6-8,11-18,22,26H,3-5,9-10,19H2,1-2H3,(H,35,39)(H,36,43)(H,41,42)/t26-/m0/s1. The van der Waals surface area contributed by atoms with Crippen LogP contribution in [0.15, 0.2) is 66.7 Å². The lowest BCUT2D eigenvalue weighted by atomic mass is 9.94. The number of nitrogens with zero attached hydrogens (tertiary/aromatic N) is 2. The van der Waals surface area contributed by atoms with Gasteiger partial charge in [-0.25, -0.2) is 9.59 Å². The van der Waals surface area contributed by atoms with Crippen molar-refractivity contribution in [3.63, 3.8) is 0 Å². The maximum absolute atomic E-state index is 13.4. The third-order valence-corrected chi connectivity index (χ3v) is 8.31. The number of halogens is 2. The summed E-state index contributed by atoms with van der Waals surface area (Å²) in [6.45, 7) is 0. The van der Waals surface area contributed by atoms with Crippen molar-refractivity contribution >= 4 is 58.4 Å². The fraction of sp³-hybridized carbons (Fsp3) is 0.312. The molecule has 1 aliphatic rings. The highest BCUT2D eigenvalue weighted by atomic mass is 35.5. The summed E-state index contributed by atoms with van der Waals surface area (Å²) < 4.78 is 0. The summed E-state index contributed by atoms with van der Waals surface area (Å²) in [6, 6.07) is 16.4. The van der Waals surface area contributed by atoms with Gasteiger partial charge in [0.1, 0.15) is 6.04 Å². The number of amides is 4. The number of anilines is 2. The number of hydrogen-bond donors (Lipinski definition) is 3. The van der Waals surface area contributed by atoms with Crippen LogP contribution in [0.25, 0.3) is 0 Å². The molecular weight excluding hydrogens is 591 g/mol. The molecule has 1 atom stereocenters. The van der Waals surface area contributed by atoms with Crippen molar-refractivity contribution in [1.82, 2.24) is 10.2 Å². The molecule has 0 saturated heterocycles. The molecule has 3 aromatic rings. The maximum atomic E-state index is 13.4. The molecule has 0 spiro atoms. The molecule has 3 N–H and O–H groups in total. The molecule has 1 fully saturated rings. The van der Waals surface area contributed by atoms with Gasteiger partial charge in [-0.3, -0.25) is 14.5 Å². The number of para-hydroxylation sites is 1. The molecule has 0 radical (unpaired) electrons. The van der Waals surface area contributed by atoms with Gasteiger partial charge in [0.15, 0.2) is 0 Å². The highest BCUT2D eigenvalue weighted by molar-refractivity contribution is 6.40. The first kappa shape index (κ1) is 31.8. The second kappa shape index (κ2) is 14.4. The van der Waals surface area contributed by atoms with E-state index in [9.17, 15) is 24.3 Å². The van der Waals surface area contributed by atoms with Gasteiger partial charge in [0.25, 0.3) is 11.8 Å². The van der Waals surface area contributed by atoms with Crippen molar-refractivity contribution in [2.75, 3.05) is 24.3 Å². The molecule has 0 heterocycles. The normalized spacial score (nSPS) is 14.0. The SMILES string of the molecule is CN(C(=O)N[C@@H](Cc1ccc(NC(=O)c2c(Cl)cccc2Cl)cc1)C(=O)O)c1ccccc1C(=O)N(C)C1CCCCC1. The highest BCUT2D eigenvalue weighted by Crippen LogP contribution is 2.27. The average Bonchev–Trinajstić information content (AvgIpc) is 3.00. The van der Waals surface area contributed by atoms with Crippen molar-refractivity contribution in [3.8, 4) is 0 Å². The summed E-state index contributed by atoms with van der Waals surface area (Å²) in [5.41, 5.74) is 1.98. The number of urea groups is 1. The smallest absolute Gasteiger partial charge is 0.326 e. The molecule has 43 heavy (non-hydrogen) atoms. The lowest BCUT2D eigenvalue weighted by Gasteiger charge is -2.32. The highest BCUT2D eigenvalue weighted by Gasteiger charge is 2.28. The van der Waals surface area contributed by atoms with Crippen LogP contribution in [-0.2, 0) is 11.2 Å². The van der Waals surface area contributed by atoms with E-state index in [1.54, 1.807) is 78.7 Å². The lowest BCUT2D eigenvalue weighted by molar-refractivity contribution is -0.139. The van der Waals surface area contributed by atoms with Crippen LogP contribution in [-0.4, -0.2) is 60.0 Å². The van der Waals surface area contributed by atoms with Crippen LogP contribution in [0.3, 0.4) is 0 Å². The Kier molecular flexibility index (Phi) is 10.7. The molecule has 0 aromatic heterocycles. The number of carboxylic acids is 1. The first-order valence-corrected chi connectivity index (χ1v) is 14.8. The van der Waals surface area contributed by atoms with Crippen molar-refractivity contribution in [2.45, 2.75) is 50.6 Å². The molecule has 4 amide bonds. The van der Waals surface area contributed by atoms with E-state index in [4.69, 9.17) is 23.2 Å². The number of hydrogen-bond acceptors (Lipinski definition) is 4. The Morgan fingerprint density at radius 3 is 2.14 bits per heavy atom. The van der Waals surface area contributed by atoms with Crippen molar-refractivity contribution < 1.29 is 24.3 Å². The number of rotatable bonds is 9. The van der Waals surface area contributed by atoms with Gasteiger partial charge in [0, 0.05) is 32.2 Å². The van der Waals surface area contributed by atoms with Crippen LogP contribution in [0, 0.1) is 0 Å². The molecule has 1 aliphatic carbocycles. The van der Waals surface area contributed by atoms with E-state index >= 15 is 0 Å². The molecule has 0 unspecified atom stereocenters. The van der Waals surface area contributed by atoms with Gasteiger partial charge in [-0.1, -0.05) is 72.8 Å². The van der Waals surface area contributed by atoms with Crippen LogP contribution >= 0.6 is 23.2 Å². The summed E-state index contributed by atoms with van der Waals surface area (Å²) >= 11 is 12.2. The first-order valence-electron chi connectivity index (χ1n) is 14.0. The number of carbonyl (C=O) groups excluding carboxylic acids is 3. The fourth-order valence-corrected chi connectivity index (χ4v) is 5.76. The summed E-state index contributed by atoms with van der Waals surface area (Å²) in [5.74, 6) is -1.87. The predicted molar refractivity (Wildman–Crippen MR) is 168 cm³/mol. The third-order valence-electron chi connectivity index (χ3n) is 7.68. The van der Waals surface area contributed by atoms with Crippen molar-refractivity contribution in [1.29, 1.82) is 0 Å². The second-order valence-electron chi connectivity index (χ2n) is 10.6. The fourth-order valence-electron chi connectivity index (χ4n) is 5.19. The van der Waals surface area contributed by atoms with Crippen LogP contribution in [0.1, 0.15) is 58.4 Å². The Morgan fingerprint density at radius 2 is 1.51 bits per heavy atom. The van der Waals surface area contributed by atoms with Gasteiger partial charge >= 0.3 is 12.0 Å². The lowest BCUT2D eigenvalue weighted by Crippen LogP contribution is -2.48. The summed E-state index contributed by atoms with van der Waals surface area (Å²) in [6.07, 6.45) is 5.22. The Bertz CT molecular complexity index is 1470. The Balaban J connectivity index is 1.42. The zero-order valence-corrected chi connectivity index (χ0v) is 25.5. The summed E-state index contributed by atoms with van der Waals surface area (Å²) in [7, 11) is 3.29. The van der Waals surface area contributed by atoms with Gasteiger partial charge in [-0.15, -0.1) is 0 Å². The molecule has 11 heteroatoms. The Labute approximate surface area is 260 Å². The monoisotopic (exact) mass is 624 g/mol. The molecule has 1 saturated carbocycles. The van der Waals surface area contributed by atoms with Crippen molar-refractivity contribution in [3.05, 3.63) is 93.5 Å². The first-order chi connectivity index (χ1) is 20.6. The van der Waals surface area contributed by atoms with E-state index < -0.39 is 23.9 Å². The maximum Gasteiger partial charge on any atom is 0.326 e. The van der Waals surface area contributed by atoms with E-state index in [1.165, 1.54) is 18.4 Å². The number of carbonyl (C=O) groups is 4. The molecule has 9 nitrogen and oxygen atoms in total. The largest absolute Gasteiger partial charge is 0.480 e. The Morgan fingerprint density at radius 1 is 0.884 bits per heavy atom. The minimum absolute atomic E-state index is 0.00945. The van der Waals surface area contributed by atoms with Gasteiger partial charge in [-0.2, -0.15) is 0 Å². The molecule has 226 valence electrons. The third kappa shape index (κ3) is 7.86. The van der Waals surface area contributed by atoms with Crippen LogP contribution in [0.2, 0.25) is 10.0 Å². The van der Waals surface area contributed by atoms with Gasteiger partial charge in [-0.05, 0) is 54.8 Å². The molecule has 4 rings (SSSR count). The molecule has 0 bridgehead atoms. The summed E-state index contributed by atoms with van der Waals surface area (Å²) in [5, 5.41) is 15.6. The number of carboxylic acid groups (broad SMARTS) is 1. The van der Waals surface area contributed by atoms with E-state index in [-0.39, 0.29) is 34.0 Å². The molecule has 3 aromatic carbocycles. The van der Waals surface area contributed by atoms with Gasteiger partial charge in [0.05, 0.1) is 26.9 Å². The quantitative estimate of drug-likeness (QED) is 0.251. The number of benzene rings is 3. The zero-order valence-electron chi connectivity index (χ0n) is 24.0. The predicted octanol–water partition coefficient (Wildman–Crippen LogP) is 6.49. The van der Waals surface area contributed by atoms with E-state index in [2.05, 4.69) is 10.6 Å². The summed E-state index contributed by atoms with van der Waals surface area (Å²) in [4.78, 5) is 54.4. The zero-order chi connectivity index (χ0) is 31.1. The van der Waals surface area contributed by atoms with Crippen LogP contribution < -0.4 is 15.5 Å². The molecule has 0 aliphatic heterocycles.